The zero-order valence-corrected chi connectivity index (χ0v) is 14.9. The molecule has 4 aliphatic rings. The van der Waals surface area contributed by atoms with Gasteiger partial charge in [0.25, 0.3) is 0 Å². The van der Waals surface area contributed by atoms with Crippen molar-refractivity contribution in [2.75, 3.05) is 19.7 Å². The SMILES string of the molecule is O=C(CN[C@@H]1[C@H]2CCO[C@@H]2C12CCCC2)N1CCc2sccc2C1. The number of hydrogen-bond acceptors (Lipinski definition) is 4. The molecule has 1 amide bonds. The van der Waals surface area contributed by atoms with Gasteiger partial charge < -0.3 is 15.0 Å². The highest BCUT2D eigenvalue weighted by Crippen LogP contribution is 2.60. The fourth-order valence-corrected chi connectivity index (χ4v) is 6.67. The van der Waals surface area contributed by atoms with Crippen molar-refractivity contribution in [2.24, 2.45) is 11.3 Å². The second kappa shape index (κ2) is 5.82. The maximum Gasteiger partial charge on any atom is 0.236 e. The monoisotopic (exact) mass is 346 g/mol. The van der Waals surface area contributed by atoms with E-state index in [1.54, 1.807) is 0 Å². The quantitative estimate of drug-likeness (QED) is 0.915. The van der Waals surface area contributed by atoms with Crippen LogP contribution in [0.1, 0.15) is 42.5 Å². The molecule has 0 aromatic carbocycles. The largest absolute Gasteiger partial charge is 0.377 e. The summed E-state index contributed by atoms with van der Waals surface area (Å²) >= 11 is 1.83. The van der Waals surface area contributed by atoms with Gasteiger partial charge in [0.05, 0.1) is 12.6 Å². The summed E-state index contributed by atoms with van der Waals surface area (Å²) in [6, 6.07) is 2.67. The van der Waals surface area contributed by atoms with Crippen LogP contribution in [0.3, 0.4) is 0 Å². The molecule has 1 spiro atoms. The number of carbonyl (C=O) groups excluding carboxylic acids is 1. The number of thiophene rings is 1. The minimum atomic E-state index is 0.266. The minimum absolute atomic E-state index is 0.266. The fourth-order valence-electron chi connectivity index (χ4n) is 5.78. The van der Waals surface area contributed by atoms with Gasteiger partial charge in [0, 0.05) is 41.9 Å². The molecule has 1 aromatic heterocycles. The third-order valence-corrected chi connectivity index (χ3v) is 7.94. The van der Waals surface area contributed by atoms with Crippen LogP contribution in [0.2, 0.25) is 0 Å². The number of nitrogens with zero attached hydrogens (tertiary/aromatic N) is 1. The highest BCUT2D eigenvalue weighted by atomic mass is 32.1. The van der Waals surface area contributed by atoms with Crippen molar-refractivity contribution in [2.45, 2.75) is 57.2 Å². The first kappa shape index (κ1) is 15.4. The Morgan fingerprint density at radius 1 is 1.42 bits per heavy atom. The van der Waals surface area contributed by atoms with E-state index in [1.165, 1.54) is 42.5 Å². The van der Waals surface area contributed by atoms with Crippen molar-refractivity contribution in [3.63, 3.8) is 0 Å². The molecule has 2 saturated carbocycles. The summed E-state index contributed by atoms with van der Waals surface area (Å²) in [4.78, 5) is 16.2. The average molecular weight is 346 g/mol. The van der Waals surface area contributed by atoms with Gasteiger partial charge in [-0.05, 0) is 42.7 Å². The van der Waals surface area contributed by atoms with Gasteiger partial charge in [-0.3, -0.25) is 4.79 Å². The van der Waals surface area contributed by atoms with E-state index in [2.05, 4.69) is 16.8 Å². The van der Waals surface area contributed by atoms with Crippen molar-refractivity contribution in [1.82, 2.24) is 10.2 Å². The molecule has 0 unspecified atom stereocenters. The molecule has 1 N–H and O–H groups in total. The van der Waals surface area contributed by atoms with Gasteiger partial charge in [-0.15, -0.1) is 11.3 Å². The Hall–Kier alpha value is -0.910. The molecular formula is C19H26N2O2S. The normalized spacial score (nSPS) is 33.3. The predicted molar refractivity (Wildman–Crippen MR) is 94.0 cm³/mol. The number of carbonyl (C=O) groups is 1. The molecule has 0 bridgehead atoms. The second-order valence-electron chi connectivity index (χ2n) is 7.98. The standard InChI is InChI=1S/C19H26N2O2S/c22-16(21-8-3-15-13(12-21)5-10-24-15)11-20-17-14-4-9-23-18(14)19(17)6-1-2-7-19/h5,10,14,17-18,20H,1-4,6-9,11-12H2/t14-,17-,18+/m1/s1. The van der Waals surface area contributed by atoms with Gasteiger partial charge in [-0.2, -0.15) is 0 Å². The molecule has 3 heterocycles. The number of amides is 1. The minimum Gasteiger partial charge on any atom is -0.377 e. The first-order valence-corrected chi connectivity index (χ1v) is 10.3. The van der Waals surface area contributed by atoms with Gasteiger partial charge in [0.15, 0.2) is 0 Å². The third kappa shape index (κ3) is 2.21. The van der Waals surface area contributed by atoms with Gasteiger partial charge in [0.2, 0.25) is 5.91 Å². The summed E-state index contributed by atoms with van der Waals surface area (Å²) < 4.78 is 6.04. The Bertz CT molecular complexity index is 637. The molecule has 3 fully saturated rings. The Balaban J connectivity index is 1.22. The van der Waals surface area contributed by atoms with E-state index in [9.17, 15) is 4.79 Å². The molecule has 130 valence electrons. The summed E-state index contributed by atoms with van der Waals surface area (Å²) in [5.74, 6) is 0.906. The van der Waals surface area contributed by atoms with Crippen LogP contribution in [0.5, 0.6) is 0 Å². The highest BCUT2D eigenvalue weighted by Gasteiger charge is 2.64. The first-order valence-electron chi connectivity index (χ1n) is 9.46. The summed E-state index contributed by atoms with van der Waals surface area (Å²) in [5, 5.41) is 5.82. The summed E-state index contributed by atoms with van der Waals surface area (Å²) in [5.41, 5.74) is 1.68. The van der Waals surface area contributed by atoms with E-state index in [-0.39, 0.29) is 5.91 Å². The van der Waals surface area contributed by atoms with Gasteiger partial charge in [-0.1, -0.05) is 12.8 Å². The Morgan fingerprint density at radius 3 is 3.17 bits per heavy atom. The van der Waals surface area contributed by atoms with Crippen molar-refractivity contribution >= 4 is 17.2 Å². The molecule has 2 aliphatic heterocycles. The van der Waals surface area contributed by atoms with Crippen molar-refractivity contribution in [3.05, 3.63) is 21.9 Å². The fraction of sp³-hybridized carbons (Fsp3) is 0.737. The molecule has 24 heavy (non-hydrogen) atoms. The summed E-state index contributed by atoms with van der Waals surface area (Å²) in [6.07, 6.45) is 7.86. The number of nitrogens with one attached hydrogen (secondary N) is 1. The van der Waals surface area contributed by atoms with Crippen LogP contribution in [0.25, 0.3) is 0 Å². The predicted octanol–water partition coefficient (Wildman–Crippen LogP) is 2.57. The lowest BCUT2D eigenvalue weighted by molar-refractivity contribution is -0.140. The van der Waals surface area contributed by atoms with Crippen molar-refractivity contribution < 1.29 is 9.53 Å². The first-order chi connectivity index (χ1) is 11.8. The van der Waals surface area contributed by atoms with Gasteiger partial charge in [0.1, 0.15) is 0 Å². The molecule has 3 atom stereocenters. The molecule has 5 heteroatoms. The second-order valence-corrected chi connectivity index (χ2v) is 8.98. The summed E-state index contributed by atoms with van der Waals surface area (Å²) in [7, 11) is 0. The number of rotatable bonds is 3. The Kier molecular flexibility index (Phi) is 3.72. The molecule has 0 radical (unpaired) electrons. The molecular weight excluding hydrogens is 320 g/mol. The lowest BCUT2D eigenvalue weighted by Gasteiger charge is -2.57. The van der Waals surface area contributed by atoms with Crippen LogP contribution in [0.4, 0.5) is 0 Å². The number of fused-ring (bicyclic) bond motifs is 3. The van der Waals surface area contributed by atoms with Crippen LogP contribution < -0.4 is 5.32 Å². The van der Waals surface area contributed by atoms with Gasteiger partial charge in [-0.25, -0.2) is 0 Å². The smallest absolute Gasteiger partial charge is 0.236 e. The summed E-state index contributed by atoms with van der Waals surface area (Å²) in [6.45, 7) is 3.08. The Labute approximate surface area is 147 Å². The van der Waals surface area contributed by atoms with Crippen LogP contribution in [0.15, 0.2) is 11.4 Å². The maximum absolute atomic E-state index is 12.7. The van der Waals surface area contributed by atoms with Crippen molar-refractivity contribution in [1.29, 1.82) is 0 Å². The van der Waals surface area contributed by atoms with E-state index >= 15 is 0 Å². The van der Waals surface area contributed by atoms with Crippen LogP contribution in [-0.2, 0) is 22.5 Å². The number of hydrogen-bond donors (Lipinski definition) is 1. The van der Waals surface area contributed by atoms with Crippen molar-refractivity contribution in [3.8, 4) is 0 Å². The van der Waals surface area contributed by atoms with E-state index in [1.807, 2.05) is 16.2 Å². The van der Waals surface area contributed by atoms with E-state index in [0.717, 1.165) is 26.1 Å². The number of ether oxygens (including phenoxy) is 1. The van der Waals surface area contributed by atoms with E-state index in [4.69, 9.17) is 4.74 Å². The molecule has 2 aliphatic carbocycles. The highest BCUT2D eigenvalue weighted by molar-refractivity contribution is 7.10. The lowest BCUT2D eigenvalue weighted by atomic mass is 9.54. The van der Waals surface area contributed by atoms with Crippen LogP contribution in [-0.4, -0.2) is 42.6 Å². The van der Waals surface area contributed by atoms with Crippen LogP contribution in [0, 0.1) is 11.3 Å². The van der Waals surface area contributed by atoms with Crippen LogP contribution >= 0.6 is 11.3 Å². The maximum atomic E-state index is 12.7. The third-order valence-electron chi connectivity index (χ3n) is 6.92. The average Bonchev–Trinajstić information content (AvgIpc) is 3.33. The molecule has 5 rings (SSSR count). The van der Waals surface area contributed by atoms with Gasteiger partial charge >= 0.3 is 0 Å². The topological polar surface area (TPSA) is 41.6 Å². The van der Waals surface area contributed by atoms with E-state index in [0.29, 0.717) is 30.0 Å². The lowest BCUT2D eigenvalue weighted by Crippen LogP contribution is -2.68. The molecule has 4 nitrogen and oxygen atoms in total. The molecule has 1 saturated heterocycles. The van der Waals surface area contributed by atoms with E-state index < -0.39 is 0 Å². The zero-order chi connectivity index (χ0) is 16.1. The molecule has 1 aromatic rings. The Morgan fingerprint density at radius 2 is 2.29 bits per heavy atom. The zero-order valence-electron chi connectivity index (χ0n) is 14.1.